The van der Waals surface area contributed by atoms with Crippen molar-refractivity contribution in [2.45, 2.75) is 32.2 Å². The highest BCUT2D eigenvalue weighted by atomic mass is 32.1. The number of ketones is 1. The van der Waals surface area contributed by atoms with Gasteiger partial charge in [0.25, 0.3) is 5.91 Å². The fraction of sp³-hybridized carbons (Fsp3) is 0.571. The van der Waals surface area contributed by atoms with Gasteiger partial charge in [0, 0.05) is 32.6 Å². The van der Waals surface area contributed by atoms with Crippen LogP contribution in [-0.2, 0) is 0 Å². The third kappa shape index (κ3) is 3.03. The molecule has 5 N–H and O–H groups in total. The van der Waals surface area contributed by atoms with E-state index in [2.05, 4.69) is 10.2 Å². The Morgan fingerprint density at radius 3 is 2.52 bits per heavy atom. The number of nitrogens with two attached hydrogens (primary N) is 2. The predicted molar refractivity (Wildman–Crippen MR) is 86.2 cm³/mol. The summed E-state index contributed by atoms with van der Waals surface area (Å²) >= 11 is 1.32. The molecule has 1 aromatic heterocycles. The highest BCUT2D eigenvalue weighted by molar-refractivity contribution is 7.19. The van der Waals surface area contributed by atoms with Gasteiger partial charge in [-0.1, -0.05) is 6.92 Å². The van der Waals surface area contributed by atoms with Crippen molar-refractivity contribution in [2.24, 2.45) is 5.73 Å². The molecule has 116 valence electrons. The molecule has 1 fully saturated rings. The van der Waals surface area contributed by atoms with Crippen molar-refractivity contribution in [1.29, 1.82) is 0 Å². The Kier molecular flexibility index (Phi) is 4.84. The Balaban J connectivity index is 2.43. The van der Waals surface area contributed by atoms with Gasteiger partial charge in [0.2, 0.25) is 0 Å². The second kappa shape index (κ2) is 6.44. The van der Waals surface area contributed by atoms with E-state index in [-0.39, 0.29) is 17.7 Å². The Bertz CT molecular complexity index is 547. The average molecular weight is 310 g/mol. The Labute approximate surface area is 128 Å². The maximum Gasteiger partial charge on any atom is 0.256 e. The van der Waals surface area contributed by atoms with Crippen LogP contribution < -0.4 is 21.7 Å². The van der Waals surface area contributed by atoms with E-state index in [0.717, 1.165) is 30.9 Å². The van der Waals surface area contributed by atoms with Crippen LogP contribution in [0, 0.1) is 0 Å². The largest absolute Gasteiger partial charge is 0.397 e. The number of amides is 1. The van der Waals surface area contributed by atoms with E-state index < -0.39 is 0 Å². The van der Waals surface area contributed by atoms with Gasteiger partial charge in [-0.2, -0.15) is 0 Å². The molecule has 7 heteroatoms. The zero-order chi connectivity index (χ0) is 15.6. The standard InChI is InChI=1S/C14H22N4O2S/c1-3-9(19)12-11(16)10(13(20)17-2)14(21-12)18-6-4-8(15)5-7-18/h8H,3-7,15-16H2,1-2H3,(H,17,20). The minimum Gasteiger partial charge on any atom is -0.397 e. The average Bonchev–Trinajstić information content (AvgIpc) is 2.84. The number of thiophene rings is 1. The fourth-order valence-corrected chi connectivity index (χ4v) is 3.75. The molecular formula is C14H22N4O2S. The van der Waals surface area contributed by atoms with Crippen molar-refractivity contribution < 1.29 is 9.59 Å². The molecule has 0 atom stereocenters. The van der Waals surface area contributed by atoms with Crippen molar-refractivity contribution in [2.75, 3.05) is 30.8 Å². The van der Waals surface area contributed by atoms with Gasteiger partial charge in [-0.15, -0.1) is 11.3 Å². The van der Waals surface area contributed by atoms with Crippen LogP contribution >= 0.6 is 11.3 Å². The lowest BCUT2D eigenvalue weighted by atomic mass is 10.1. The molecule has 0 radical (unpaired) electrons. The van der Waals surface area contributed by atoms with Gasteiger partial charge in [0.1, 0.15) is 5.00 Å². The van der Waals surface area contributed by atoms with Crippen LogP contribution in [0.25, 0.3) is 0 Å². The minimum absolute atomic E-state index is 0.0254. The molecular weight excluding hydrogens is 288 g/mol. The lowest BCUT2D eigenvalue weighted by Crippen LogP contribution is -2.40. The van der Waals surface area contributed by atoms with Gasteiger partial charge in [-0.25, -0.2) is 0 Å². The van der Waals surface area contributed by atoms with E-state index >= 15 is 0 Å². The van der Waals surface area contributed by atoms with Crippen molar-refractivity contribution in [3.05, 3.63) is 10.4 Å². The summed E-state index contributed by atoms with van der Waals surface area (Å²) in [6, 6.07) is 0.207. The number of hydrogen-bond acceptors (Lipinski definition) is 6. The SMILES string of the molecule is CCC(=O)c1sc(N2CCC(N)CC2)c(C(=O)NC)c1N. The van der Waals surface area contributed by atoms with Gasteiger partial charge >= 0.3 is 0 Å². The molecule has 21 heavy (non-hydrogen) atoms. The van der Waals surface area contributed by atoms with Crippen LogP contribution in [0.2, 0.25) is 0 Å². The monoisotopic (exact) mass is 310 g/mol. The van der Waals surface area contributed by atoms with Crippen LogP contribution in [0.1, 0.15) is 46.2 Å². The van der Waals surface area contributed by atoms with Crippen LogP contribution in [0.4, 0.5) is 10.7 Å². The number of Topliss-reactive ketones (excluding diaryl/α,β-unsaturated/α-hetero) is 1. The number of nitrogens with zero attached hydrogens (tertiary/aromatic N) is 1. The third-order valence-corrected chi connectivity index (χ3v) is 5.09. The highest BCUT2D eigenvalue weighted by Gasteiger charge is 2.28. The summed E-state index contributed by atoms with van der Waals surface area (Å²) in [5.74, 6) is -0.272. The maximum absolute atomic E-state index is 12.1. The molecule has 1 aliphatic heterocycles. The second-order valence-corrected chi connectivity index (χ2v) is 6.20. The first-order chi connectivity index (χ1) is 9.99. The molecule has 1 saturated heterocycles. The summed E-state index contributed by atoms with van der Waals surface area (Å²) in [4.78, 5) is 26.7. The number of carbonyl (C=O) groups is 2. The van der Waals surface area contributed by atoms with E-state index in [0.29, 0.717) is 22.5 Å². The molecule has 6 nitrogen and oxygen atoms in total. The van der Waals surface area contributed by atoms with E-state index in [9.17, 15) is 9.59 Å². The van der Waals surface area contributed by atoms with E-state index in [1.54, 1.807) is 14.0 Å². The van der Waals surface area contributed by atoms with Crippen molar-refractivity contribution >= 4 is 33.7 Å². The first-order valence-electron chi connectivity index (χ1n) is 7.17. The van der Waals surface area contributed by atoms with Crippen molar-refractivity contribution in [3.8, 4) is 0 Å². The summed E-state index contributed by atoms with van der Waals surface area (Å²) in [6.07, 6.45) is 2.13. The van der Waals surface area contributed by atoms with Crippen LogP contribution in [0.5, 0.6) is 0 Å². The minimum atomic E-state index is -0.247. The first kappa shape index (κ1) is 15.8. The Morgan fingerprint density at radius 2 is 2.00 bits per heavy atom. The molecule has 0 saturated carbocycles. The number of nitrogens with one attached hydrogen (secondary N) is 1. The number of rotatable bonds is 4. The zero-order valence-electron chi connectivity index (χ0n) is 12.4. The predicted octanol–water partition coefficient (Wildman–Crippen LogP) is 1.21. The molecule has 0 spiro atoms. The number of hydrogen-bond donors (Lipinski definition) is 3. The van der Waals surface area contributed by atoms with Crippen LogP contribution in [0.3, 0.4) is 0 Å². The maximum atomic E-state index is 12.1. The van der Waals surface area contributed by atoms with Gasteiger partial charge in [-0.05, 0) is 12.8 Å². The zero-order valence-corrected chi connectivity index (χ0v) is 13.3. The molecule has 0 bridgehead atoms. The number of carbonyl (C=O) groups excluding carboxylic acids is 2. The lowest BCUT2D eigenvalue weighted by molar-refractivity contribution is 0.0964. The van der Waals surface area contributed by atoms with Gasteiger partial charge in [0.15, 0.2) is 5.78 Å². The summed E-state index contributed by atoms with van der Waals surface area (Å²) in [7, 11) is 1.57. The van der Waals surface area contributed by atoms with Gasteiger partial charge in [-0.3, -0.25) is 9.59 Å². The van der Waals surface area contributed by atoms with Crippen molar-refractivity contribution in [1.82, 2.24) is 5.32 Å². The van der Waals surface area contributed by atoms with Crippen LogP contribution in [-0.4, -0.2) is 37.9 Å². The highest BCUT2D eigenvalue weighted by Crippen LogP contribution is 2.39. The van der Waals surface area contributed by atoms with Crippen molar-refractivity contribution in [3.63, 3.8) is 0 Å². The molecule has 2 rings (SSSR count). The fourth-order valence-electron chi connectivity index (χ4n) is 2.47. The summed E-state index contributed by atoms with van der Waals surface area (Å²) in [5.41, 5.74) is 12.7. The third-order valence-electron chi connectivity index (χ3n) is 3.78. The molecule has 1 aliphatic rings. The molecule has 0 unspecified atom stereocenters. The van der Waals surface area contributed by atoms with E-state index in [1.165, 1.54) is 11.3 Å². The molecule has 1 amide bonds. The quantitative estimate of drug-likeness (QED) is 0.726. The Hall–Kier alpha value is -1.60. The van der Waals surface area contributed by atoms with Gasteiger partial charge in [0.05, 0.1) is 16.1 Å². The topological polar surface area (TPSA) is 101 Å². The van der Waals surface area contributed by atoms with Crippen LogP contribution in [0.15, 0.2) is 0 Å². The number of anilines is 2. The second-order valence-electron chi connectivity index (χ2n) is 5.21. The molecule has 0 aromatic carbocycles. The number of nitrogen functional groups attached to an aromatic ring is 1. The first-order valence-corrected chi connectivity index (χ1v) is 7.99. The summed E-state index contributed by atoms with van der Waals surface area (Å²) in [5, 5.41) is 3.39. The van der Waals surface area contributed by atoms with Gasteiger partial charge < -0.3 is 21.7 Å². The van der Waals surface area contributed by atoms with E-state index in [1.807, 2.05) is 0 Å². The molecule has 2 heterocycles. The lowest BCUT2D eigenvalue weighted by Gasteiger charge is -2.31. The summed E-state index contributed by atoms with van der Waals surface area (Å²) in [6.45, 7) is 3.36. The molecule has 0 aliphatic carbocycles. The smallest absolute Gasteiger partial charge is 0.256 e. The normalized spacial score (nSPS) is 16.0. The number of piperidine rings is 1. The molecule has 1 aromatic rings. The van der Waals surface area contributed by atoms with E-state index in [4.69, 9.17) is 11.5 Å². The summed E-state index contributed by atoms with van der Waals surface area (Å²) < 4.78 is 0. The Morgan fingerprint density at radius 1 is 1.38 bits per heavy atom.